The number of fused-ring (bicyclic) bond motifs is 4. The second-order valence-electron chi connectivity index (χ2n) is 12.7. The van der Waals surface area contributed by atoms with Gasteiger partial charge in [0, 0.05) is 29.2 Å². The monoisotopic (exact) mass is 644 g/mol. The number of allylic oxidation sites excluding steroid dienone is 2. The molecular weight excluding hydrogens is 614 g/mol. The van der Waals surface area contributed by atoms with Crippen molar-refractivity contribution in [2.75, 3.05) is 19.1 Å². The lowest BCUT2D eigenvalue weighted by molar-refractivity contribution is -0.145. The number of halogens is 3. The second-order valence-corrected chi connectivity index (χ2v) is 13.9. The van der Waals surface area contributed by atoms with E-state index in [0.717, 1.165) is 17.0 Å². The van der Waals surface area contributed by atoms with Gasteiger partial charge in [0.25, 0.3) is 11.8 Å². The van der Waals surface area contributed by atoms with E-state index in [1.807, 2.05) is 0 Å². The molecule has 232 valence electrons. The van der Waals surface area contributed by atoms with Gasteiger partial charge in [-0.15, -0.1) is 23.2 Å². The van der Waals surface area contributed by atoms with Gasteiger partial charge in [-0.1, -0.05) is 11.6 Å². The van der Waals surface area contributed by atoms with Gasteiger partial charge in [0.2, 0.25) is 11.8 Å². The number of ether oxygens (including phenoxy) is 2. The van der Waals surface area contributed by atoms with E-state index in [2.05, 4.69) is 0 Å². The average molecular weight is 646 g/mol. The van der Waals surface area contributed by atoms with Gasteiger partial charge < -0.3 is 14.6 Å². The summed E-state index contributed by atoms with van der Waals surface area (Å²) in [6.07, 6.45) is 1.78. The third-order valence-electron chi connectivity index (χ3n) is 9.38. The van der Waals surface area contributed by atoms with Crippen LogP contribution in [0.1, 0.15) is 45.1 Å². The number of methoxy groups -OCH3 is 2. The Hall–Kier alpha value is -3.63. The first-order chi connectivity index (χ1) is 20.6. The van der Waals surface area contributed by atoms with Gasteiger partial charge >= 0.3 is 0 Å². The van der Waals surface area contributed by atoms with Crippen LogP contribution in [0.2, 0.25) is 0 Å². The number of hydrogen-bond donors (Lipinski definition) is 1. The molecule has 0 bridgehead atoms. The quantitative estimate of drug-likeness (QED) is 0.286. The Bertz CT molecular complexity index is 1630. The van der Waals surface area contributed by atoms with E-state index in [-0.39, 0.29) is 53.2 Å². The molecule has 9 nitrogen and oxygen atoms in total. The van der Waals surface area contributed by atoms with Crippen LogP contribution in [0, 0.1) is 23.6 Å². The Morgan fingerprint density at radius 2 is 1.52 bits per heavy atom. The maximum absolute atomic E-state index is 14.5. The van der Waals surface area contributed by atoms with Crippen molar-refractivity contribution in [2.24, 2.45) is 17.8 Å². The summed E-state index contributed by atoms with van der Waals surface area (Å²) in [5.74, 6) is -6.43. The number of likely N-dealkylation sites (tertiary alicyclic amines) is 1. The van der Waals surface area contributed by atoms with Gasteiger partial charge in [-0.2, -0.15) is 0 Å². The Labute approximate surface area is 263 Å². The van der Waals surface area contributed by atoms with E-state index in [0.29, 0.717) is 5.57 Å². The lowest BCUT2D eigenvalue weighted by Gasteiger charge is -2.51. The van der Waals surface area contributed by atoms with Crippen LogP contribution < -0.4 is 14.4 Å². The number of nitrogens with zero attached hydrogens (tertiary/aromatic N) is 2. The minimum absolute atomic E-state index is 0.0695. The number of carbonyl (C=O) groups is 4. The molecule has 2 aromatic carbocycles. The highest BCUT2D eigenvalue weighted by Gasteiger charge is 2.77. The van der Waals surface area contributed by atoms with Crippen molar-refractivity contribution in [3.63, 3.8) is 0 Å². The van der Waals surface area contributed by atoms with Gasteiger partial charge in [0.1, 0.15) is 23.1 Å². The van der Waals surface area contributed by atoms with Gasteiger partial charge in [0.05, 0.1) is 31.7 Å². The zero-order valence-corrected chi connectivity index (χ0v) is 26.2. The molecule has 1 N–H and O–H groups in total. The fraction of sp³-hybridized carbons (Fsp3) is 0.438. The number of rotatable bonds is 4. The smallest absolute Gasteiger partial charge is 0.258 e. The predicted octanol–water partition coefficient (Wildman–Crippen LogP) is 4.91. The molecular formula is C32H31Cl2FN2O7. The van der Waals surface area contributed by atoms with Crippen LogP contribution in [0.4, 0.5) is 10.1 Å². The number of phenols is 1. The van der Waals surface area contributed by atoms with Gasteiger partial charge in [-0.3, -0.25) is 24.1 Å². The molecule has 44 heavy (non-hydrogen) atoms. The molecule has 1 saturated carbocycles. The molecule has 2 saturated heterocycles. The number of alkyl halides is 2. The minimum atomic E-state index is -2.18. The lowest BCUT2D eigenvalue weighted by Crippen LogP contribution is -2.60. The fourth-order valence-corrected chi connectivity index (χ4v) is 8.50. The molecule has 12 heteroatoms. The number of amides is 4. The van der Waals surface area contributed by atoms with E-state index in [1.54, 1.807) is 26.8 Å². The molecule has 2 heterocycles. The Balaban J connectivity index is 1.62. The number of carbonyl (C=O) groups excluding carboxylic acids is 4. The number of imide groups is 2. The predicted molar refractivity (Wildman–Crippen MR) is 159 cm³/mol. The van der Waals surface area contributed by atoms with E-state index >= 15 is 0 Å². The summed E-state index contributed by atoms with van der Waals surface area (Å²) in [6.45, 7) is 5.32. The minimum Gasteiger partial charge on any atom is -0.508 e. The molecule has 4 aliphatic rings. The standard InChI is InChI=1S/C32H31Cl2FN2O7/c1-30(2,3)37-26(39)19-11-10-18-20(23(19)27(37)40)14-31(33)28(41)36(16-8-6-15(35)7-9-16)29(42)32(31,34)25(18)24-21(43-4)12-17(38)13-22(24)44-5/h6-10,12-13,19-20,23,25,38H,11,14H2,1-5H3/t19-,20+,23-,25+,31+,32-/m0/s1. The second kappa shape index (κ2) is 9.94. The molecule has 4 amide bonds. The molecule has 2 aromatic rings. The van der Waals surface area contributed by atoms with Crippen molar-refractivity contribution in [2.45, 2.75) is 54.8 Å². The van der Waals surface area contributed by atoms with Gasteiger partial charge in [-0.05, 0) is 63.8 Å². The normalized spacial score (nSPS) is 31.5. The van der Waals surface area contributed by atoms with Gasteiger partial charge in [-0.25, -0.2) is 9.29 Å². The third-order valence-corrected chi connectivity index (χ3v) is 10.8. The van der Waals surface area contributed by atoms with E-state index in [9.17, 15) is 28.7 Å². The van der Waals surface area contributed by atoms with Crippen LogP contribution in [-0.4, -0.2) is 63.1 Å². The molecule has 2 aliphatic heterocycles. The third kappa shape index (κ3) is 3.89. The van der Waals surface area contributed by atoms with E-state index in [1.165, 1.54) is 43.4 Å². The summed E-state index contributed by atoms with van der Waals surface area (Å²) in [5.41, 5.74) is 0.0593. The van der Waals surface area contributed by atoms with Crippen LogP contribution in [0.25, 0.3) is 0 Å². The largest absolute Gasteiger partial charge is 0.508 e. The topological polar surface area (TPSA) is 113 Å². The summed E-state index contributed by atoms with van der Waals surface area (Å²) in [5, 5.41) is 10.4. The number of hydrogen-bond acceptors (Lipinski definition) is 7. The van der Waals surface area contributed by atoms with Crippen LogP contribution in [0.5, 0.6) is 17.2 Å². The summed E-state index contributed by atoms with van der Waals surface area (Å²) in [7, 11) is 2.73. The van der Waals surface area contributed by atoms with Crippen LogP contribution in [-0.2, 0) is 19.2 Å². The van der Waals surface area contributed by atoms with E-state index < -0.39 is 56.6 Å². The molecule has 6 atom stereocenters. The van der Waals surface area contributed by atoms with Crippen LogP contribution in [0.15, 0.2) is 48.0 Å². The highest BCUT2D eigenvalue weighted by atomic mass is 35.5. The van der Waals surface area contributed by atoms with E-state index in [4.69, 9.17) is 32.7 Å². The van der Waals surface area contributed by atoms with Crippen molar-refractivity contribution in [1.29, 1.82) is 0 Å². The Kier molecular flexibility index (Phi) is 6.87. The summed E-state index contributed by atoms with van der Waals surface area (Å²) in [4.78, 5) is 54.4. The first kappa shape index (κ1) is 30.4. The summed E-state index contributed by atoms with van der Waals surface area (Å²) in [6, 6.07) is 7.44. The molecule has 0 aromatic heterocycles. The molecule has 6 rings (SSSR count). The molecule has 0 unspecified atom stereocenters. The molecule has 3 fully saturated rings. The first-order valence-electron chi connectivity index (χ1n) is 14.2. The van der Waals surface area contributed by atoms with Crippen molar-refractivity contribution in [1.82, 2.24) is 4.90 Å². The fourth-order valence-electron chi connectivity index (χ4n) is 7.59. The van der Waals surface area contributed by atoms with Crippen molar-refractivity contribution < 1.29 is 38.1 Å². The van der Waals surface area contributed by atoms with Crippen molar-refractivity contribution in [3.05, 3.63) is 59.4 Å². The Morgan fingerprint density at radius 1 is 0.932 bits per heavy atom. The molecule has 0 spiro atoms. The highest BCUT2D eigenvalue weighted by molar-refractivity contribution is 6.58. The Morgan fingerprint density at radius 3 is 2.07 bits per heavy atom. The van der Waals surface area contributed by atoms with Crippen molar-refractivity contribution >= 4 is 52.5 Å². The maximum atomic E-state index is 14.5. The summed E-state index contributed by atoms with van der Waals surface area (Å²) < 4.78 is 25.2. The average Bonchev–Trinajstić information content (AvgIpc) is 3.31. The zero-order valence-electron chi connectivity index (χ0n) is 24.7. The number of phenolic OH excluding ortho intramolecular Hbond substituents is 1. The zero-order chi connectivity index (χ0) is 32.1. The lowest BCUT2D eigenvalue weighted by atomic mass is 9.56. The van der Waals surface area contributed by atoms with Gasteiger partial charge in [0.15, 0.2) is 9.75 Å². The number of aromatic hydroxyl groups is 1. The number of anilines is 1. The molecule has 0 radical (unpaired) electrons. The summed E-state index contributed by atoms with van der Waals surface area (Å²) >= 11 is 14.8. The SMILES string of the molecule is COc1cc(O)cc(OC)c1[C@H]1C2=CC[C@@H]3C(=O)N(C(C)(C)C)C(=O)[C@@H]3[C@@H]2C[C@@]2(Cl)C(=O)N(c3ccc(F)cc3)C(=O)[C@@]12Cl. The highest BCUT2D eigenvalue weighted by Crippen LogP contribution is 2.67. The number of benzene rings is 2. The first-order valence-corrected chi connectivity index (χ1v) is 14.9. The van der Waals surface area contributed by atoms with Crippen molar-refractivity contribution in [3.8, 4) is 17.2 Å². The van der Waals surface area contributed by atoms with Crippen LogP contribution >= 0.6 is 23.2 Å². The van der Waals surface area contributed by atoms with Crippen LogP contribution in [0.3, 0.4) is 0 Å². The maximum Gasteiger partial charge on any atom is 0.258 e. The molecule has 2 aliphatic carbocycles.